The Labute approximate surface area is 139 Å². The van der Waals surface area contributed by atoms with Gasteiger partial charge in [0.15, 0.2) is 0 Å². The van der Waals surface area contributed by atoms with E-state index < -0.39 is 6.10 Å². The molecule has 0 bridgehead atoms. The number of aromatic nitrogens is 2. The lowest BCUT2D eigenvalue weighted by Gasteiger charge is -2.33. The van der Waals surface area contributed by atoms with Gasteiger partial charge in [-0.3, -0.25) is 15.0 Å². The van der Waals surface area contributed by atoms with Crippen LogP contribution in [0.25, 0.3) is 0 Å². The first-order chi connectivity index (χ1) is 11.2. The van der Waals surface area contributed by atoms with Gasteiger partial charge in [0.05, 0.1) is 12.6 Å². The van der Waals surface area contributed by atoms with Crippen LogP contribution in [-0.4, -0.2) is 45.7 Å². The Kier molecular flexibility index (Phi) is 5.32. The van der Waals surface area contributed by atoms with Crippen LogP contribution in [-0.2, 0) is 4.79 Å². The van der Waals surface area contributed by atoms with E-state index in [1.54, 1.807) is 5.51 Å². The van der Waals surface area contributed by atoms with E-state index in [0.29, 0.717) is 11.7 Å². The summed E-state index contributed by atoms with van der Waals surface area (Å²) in [5, 5.41) is 21.2. The van der Waals surface area contributed by atoms with E-state index in [1.807, 2.05) is 30.3 Å². The SMILES string of the molecule is O=C(CN1CCC(C(O)c2ccccc2)CC1)Nc1nncs1. The van der Waals surface area contributed by atoms with Crippen molar-refractivity contribution in [3.8, 4) is 0 Å². The van der Waals surface area contributed by atoms with E-state index in [-0.39, 0.29) is 11.8 Å². The van der Waals surface area contributed by atoms with E-state index in [9.17, 15) is 9.90 Å². The quantitative estimate of drug-likeness (QED) is 0.875. The van der Waals surface area contributed by atoms with Crippen LogP contribution in [0.3, 0.4) is 0 Å². The number of hydrogen-bond acceptors (Lipinski definition) is 6. The average molecular weight is 332 g/mol. The molecule has 0 radical (unpaired) electrons. The molecule has 1 amide bonds. The summed E-state index contributed by atoms with van der Waals surface area (Å²) in [4.78, 5) is 14.1. The van der Waals surface area contributed by atoms with E-state index in [1.165, 1.54) is 11.3 Å². The van der Waals surface area contributed by atoms with Gasteiger partial charge in [0.2, 0.25) is 11.0 Å². The minimum absolute atomic E-state index is 0.0659. The van der Waals surface area contributed by atoms with Crippen LogP contribution in [0.5, 0.6) is 0 Å². The average Bonchev–Trinajstić information content (AvgIpc) is 3.08. The number of nitrogens with one attached hydrogen (secondary N) is 1. The van der Waals surface area contributed by atoms with Gasteiger partial charge in [0.1, 0.15) is 5.51 Å². The van der Waals surface area contributed by atoms with Gasteiger partial charge in [-0.15, -0.1) is 10.2 Å². The monoisotopic (exact) mass is 332 g/mol. The van der Waals surface area contributed by atoms with Crippen molar-refractivity contribution >= 4 is 22.4 Å². The van der Waals surface area contributed by atoms with Crippen molar-refractivity contribution in [2.24, 2.45) is 5.92 Å². The molecule has 1 aliphatic heterocycles. The second-order valence-electron chi connectivity index (χ2n) is 5.76. The molecule has 1 unspecified atom stereocenters. The van der Waals surface area contributed by atoms with Gasteiger partial charge >= 0.3 is 0 Å². The van der Waals surface area contributed by atoms with Crippen LogP contribution >= 0.6 is 11.3 Å². The number of carbonyl (C=O) groups excluding carboxylic acids is 1. The summed E-state index contributed by atoms with van der Waals surface area (Å²) in [5.41, 5.74) is 2.56. The van der Waals surface area contributed by atoms with Crippen molar-refractivity contribution in [2.75, 3.05) is 25.0 Å². The van der Waals surface area contributed by atoms with Gasteiger partial charge in [0.25, 0.3) is 0 Å². The molecule has 1 aliphatic rings. The molecular weight excluding hydrogens is 312 g/mol. The largest absolute Gasteiger partial charge is 0.388 e. The molecule has 2 aromatic rings. The molecule has 1 saturated heterocycles. The van der Waals surface area contributed by atoms with Crippen molar-refractivity contribution in [1.29, 1.82) is 0 Å². The van der Waals surface area contributed by atoms with Gasteiger partial charge in [-0.25, -0.2) is 0 Å². The molecule has 122 valence electrons. The van der Waals surface area contributed by atoms with E-state index >= 15 is 0 Å². The molecule has 0 spiro atoms. The Morgan fingerprint density at radius 2 is 2.09 bits per heavy atom. The molecule has 1 aromatic carbocycles. The van der Waals surface area contributed by atoms with E-state index in [0.717, 1.165) is 31.5 Å². The zero-order valence-corrected chi connectivity index (χ0v) is 13.6. The summed E-state index contributed by atoms with van der Waals surface area (Å²) in [7, 11) is 0. The number of hydrogen-bond donors (Lipinski definition) is 2. The van der Waals surface area contributed by atoms with Crippen molar-refractivity contribution in [2.45, 2.75) is 18.9 Å². The summed E-state index contributed by atoms with van der Waals surface area (Å²) in [6, 6.07) is 9.78. The van der Waals surface area contributed by atoms with Crippen molar-refractivity contribution in [3.63, 3.8) is 0 Å². The lowest BCUT2D eigenvalue weighted by Crippen LogP contribution is -2.40. The third kappa shape index (κ3) is 4.34. The highest BCUT2D eigenvalue weighted by atomic mass is 32.1. The topological polar surface area (TPSA) is 78.4 Å². The Morgan fingerprint density at radius 1 is 1.35 bits per heavy atom. The highest BCUT2D eigenvalue weighted by molar-refractivity contribution is 7.13. The third-order valence-electron chi connectivity index (χ3n) is 4.19. The Hall–Kier alpha value is -1.83. The van der Waals surface area contributed by atoms with Gasteiger partial charge in [-0.1, -0.05) is 41.7 Å². The maximum atomic E-state index is 12.0. The van der Waals surface area contributed by atoms with Crippen LogP contribution in [0.4, 0.5) is 5.13 Å². The number of nitrogens with zero attached hydrogens (tertiary/aromatic N) is 3. The van der Waals surface area contributed by atoms with Crippen LogP contribution in [0, 0.1) is 5.92 Å². The van der Waals surface area contributed by atoms with Crippen molar-refractivity contribution < 1.29 is 9.90 Å². The molecule has 2 heterocycles. The van der Waals surface area contributed by atoms with Crippen molar-refractivity contribution in [3.05, 3.63) is 41.4 Å². The molecule has 1 atom stereocenters. The molecular formula is C16H20N4O2S. The molecule has 23 heavy (non-hydrogen) atoms. The number of benzene rings is 1. The Morgan fingerprint density at radius 3 is 2.74 bits per heavy atom. The summed E-state index contributed by atoms with van der Waals surface area (Å²) < 4.78 is 0. The minimum atomic E-state index is -0.423. The van der Waals surface area contributed by atoms with Crippen LogP contribution in [0.1, 0.15) is 24.5 Å². The predicted molar refractivity (Wildman–Crippen MR) is 89.1 cm³/mol. The normalized spacial score (nSPS) is 17.8. The fourth-order valence-corrected chi connectivity index (χ4v) is 3.40. The molecule has 0 aliphatic carbocycles. The zero-order chi connectivity index (χ0) is 16.1. The van der Waals surface area contributed by atoms with Crippen LogP contribution in [0.15, 0.2) is 35.8 Å². The fraction of sp³-hybridized carbons (Fsp3) is 0.438. The van der Waals surface area contributed by atoms with Gasteiger partial charge in [-0.2, -0.15) is 0 Å². The standard InChI is InChI=1S/C16H20N4O2S/c21-14(18-16-19-17-11-23-16)10-20-8-6-13(7-9-20)15(22)12-4-2-1-3-5-12/h1-5,11,13,15,22H,6-10H2,(H,18,19,21). The fourth-order valence-electron chi connectivity index (χ4n) is 2.94. The first-order valence-corrected chi connectivity index (χ1v) is 8.62. The zero-order valence-electron chi connectivity index (χ0n) is 12.8. The highest BCUT2D eigenvalue weighted by Gasteiger charge is 2.27. The van der Waals surface area contributed by atoms with Crippen LogP contribution < -0.4 is 5.32 Å². The molecule has 1 aromatic heterocycles. The second-order valence-corrected chi connectivity index (χ2v) is 6.59. The maximum absolute atomic E-state index is 12.0. The lowest BCUT2D eigenvalue weighted by atomic mass is 9.87. The summed E-state index contributed by atoms with van der Waals surface area (Å²) in [5.74, 6) is 0.184. The van der Waals surface area contributed by atoms with Gasteiger partial charge in [-0.05, 0) is 37.4 Å². The Bertz CT molecular complexity index is 612. The summed E-state index contributed by atoms with van der Waals surface area (Å²) in [6.45, 7) is 1.99. The number of carbonyl (C=O) groups is 1. The molecule has 7 heteroatoms. The maximum Gasteiger partial charge on any atom is 0.240 e. The number of amides is 1. The van der Waals surface area contributed by atoms with E-state index in [2.05, 4.69) is 20.4 Å². The number of anilines is 1. The molecule has 0 saturated carbocycles. The predicted octanol–water partition coefficient (Wildman–Crippen LogP) is 1.92. The number of piperidine rings is 1. The minimum Gasteiger partial charge on any atom is -0.388 e. The number of aliphatic hydroxyl groups excluding tert-OH is 1. The third-order valence-corrected chi connectivity index (χ3v) is 4.80. The number of aliphatic hydroxyl groups is 1. The second kappa shape index (κ2) is 7.63. The molecule has 6 nitrogen and oxygen atoms in total. The molecule has 1 fully saturated rings. The highest BCUT2D eigenvalue weighted by Crippen LogP contribution is 2.30. The van der Waals surface area contributed by atoms with Gasteiger partial charge in [0, 0.05) is 0 Å². The summed E-state index contributed by atoms with van der Waals surface area (Å²) >= 11 is 1.31. The smallest absolute Gasteiger partial charge is 0.240 e. The number of likely N-dealkylation sites (tertiary alicyclic amines) is 1. The van der Waals surface area contributed by atoms with Crippen molar-refractivity contribution in [1.82, 2.24) is 15.1 Å². The Balaban J connectivity index is 1.46. The van der Waals surface area contributed by atoms with Gasteiger partial charge < -0.3 is 5.11 Å². The molecule has 3 rings (SSSR count). The van der Waals surface area contributed by atoms with Crippen LogP contribution in [0.2, 0.25) is 0 Å². The summed E-state index contributed by atoms with van der Waals surface area (Å²) in [6.07, 6.45) is 1.36. The first-order valence-electron chi connectivity index (χ1n) is 7.74. The lowest BCUT2D eigenvalue weighted by molar-refractivity contribution is -0.117. The van der Waals surface area contributed by atoms with E-state index in [4.69, 9.17) is 0 Å². The molecule has 2 N–H and O–H groups in total. The first kappa shape index (κ1) is 16.0. The number of rotatable bonds is 5.